The van der Waals surface area contributed by atoms with Gasteiger partial charge in [0.15, 0.2) is 5.78 Å². The number of urea groups is 1. The summed E-state index contributed by atoms with van der Waals surface area (Å²) in [6, 6.07) is 10.9. The maximum atomic E-state index is 13.2. The predicted molar refractivity (Wildman–Crippen MR) is 137 cm³/mol. The van der Waals surface area contributed by atoms with E-state index >= 15 is 0 Å². The zero-order valence-corrected chi connectivity index (χ0v) is 20.4. The molecule has 4 aromatic rings. The Morgan fingerprint density at radius 2 is 1.67 bits per heavy atom. The third-order valence-electron chi connectivity index (χ3n) is 5.94. The number of rotatable bonds is 9. The second-order valence-corrected chi connectivity index (χ2v) is 8.37. The largest absolute Gasteiger partial charge is 0.383 e. The average Bonchev–Trinajstić information content (AvgIpc) is 2.85. The summed E-state index contributed by atoms with van der Waals surface area (Å²) < 4.78 is 11.6. The molecule has 0 aliphatic carbocycles. The molecule has 2 heterocycles. The minimum Gasteiger partial charge on any atom is -0.383 e. The van der Waals surface area contributed by atoms with Crippen LogP contribution in [0.3, 0.4) is 0 Å². The van der Waals surface area contributed by atoms with E-state index < -0.39 is 17.3 Å². The molecule has 188 valence electrons. The summed E-state index contributed by atoms with van der Waals surface area (Å²) in [7, 11) is 3.41. The Bertz CT molecular complexity index is 1540. The number of nitrogens with one attached hydrogen (secondary N) is 2. The molecule has 2 N–H and O–H groups in total. The lowest BCUT2D eigenvalue weighted by molar-refractivity contribution is 0.101. The summed E-state index contributed by atoms with van der Waals surface area (Å²) >= 11 is 0. The molecule has 0 aliphatic heterocycles. The highest BCUT2D eigenvalue weighted by Crippen LogP contribution is 2.17. The highest BCUT2D eigenvalue weighted by Gasteiger charge is 2.15. The Morgan fingerprint density at radius 3 is 2.31 bits per heavy atom. The van der Waals surface area contributed by atoms with Gasteiger partial charge in [0.2, 0.25) is 0 Å². The van der Waals surface area contributed by atoms with Crippen LogP contribution in [0.1, 0.15) is 17.3 Å². The van der Waals surface area contributed by atoms with Crippen molar-refractivity contribution >= 4 is 34.1 Å². The van der Waals surface area contributed by atoms with Crippen LogP contribution >= 0.6 is 0 Å². The predicted octanol–water partition coefficient (Wildman–Crippen LogP) is 2.50. The lowest BCUT2D eigenvalue weighted by Crippen LogP contribution is -2.41. The van der Waals surface area contributed by atoms with E-state index in [1.807, 2.05) is 28.8 Å². The fraction of sp³-hybridized carbons (Fsp3) is 0.280. The van der Waals surface area contributed by atoms with Gasteiger partial charge >= 0.3 is 11.7 Å². The van der Waals surface area contributed by atoms with Crippen LogP contribution in [-0.4, -0.2) is 44.0 Å². The second-order valence-electron chi connectivity index (χ2n) is 8.37. The molecule has 0 fully saturated rings. The first-order valence-corrected chi connectivity index (χ1v) is 11.4. The fourth-order valence-corrected chi connectivity index (χ4v) is 3.94. The van der Waals surface area contributed by atoms with Crippen LogP contribution in [0.15, 0.2) is 64.4 Å². The van der Waals surface area contributed by atoms with Crippen molar-refractivity contribution in [1.82, 2.24) is 18.5 Å². The number of anilines is 2. The van der Waals surface area contributed by atoms with Gasteiger partial charge in [-0.25, -0.2) is 9.59 Å². The van der Waals surface area contributed by atoms with Crippen LogP contribution in [0.4, 0.5) is 16.2 Å². The van der Waals surface area contributed by atoms with E-state index in [2.05, 4.69) is 10.6 Å². The smallest absolute Gasteiger partial charge is 0.331 e. The molecule has 0 saturated carbocycles. The Kier molecular flexibility index (Phi) is 7.20. The monoisotopic (exact) mass is 492 g/mol. The molecule has 4 rings (SSSR count). The minimum absolute atomic E-state index is 0.109. The van der Waals surface area contributed by atoms with E-state index in [9.17, 15) is 19.2 Å². The first kappa shape index (κ1) is 24.7. The van der Waals surface area contributed by atoms with Gasteiger partial charge in [-0.2, -0.15) is 0 Å². The van der Waals surface area contributed by atoms with Crippen molar-refractivity contribution in [3.63, 3.8) is 0 Å². The topological polar surface area (TPSA) is 121 Å². The number of Topliss-reactive ketones (excluding diaryl/α,β-unsaturated/α-hetero) is 1. The van der Waals surface area contributed by atoms with Crippen LogP contribution in [-0.2, 0) is 31.4 Å². The third-order valence-corrected chi connectivity index (χ3v) is 5.94. The maximum Gasteiger partial charge on any atom is 0.331 e. The molecule has 0 spiro atoms. The van der Waals surface area contributed by atoms with Gasteiger partial charge in [-0.1, -0.05) is 12.1 Å². The number of hydrogen-bond donors (Lipinski definition) is 2. The van der Waals surface area contributed by atoms with E-state index in [-0.39, 0.29) is 18.9 Å². The number of aromatic nitrogens is 4. The van der Waals surface area contributed by atoms with Crippen molar-refractivity contribution in [3.8, 4) is 0 Å². The van der Waals surface area contributed by atoms with E-state index in [4.69, 9.17) is 4.74 Å². The molecule has 0 saturated heterocycles. The molecular weight excluding hydrogens is 464 g/mol. The summed E-state index contributed by atoms with van der Waals surface area (Å²) in [5.41, 5.74) is 0.928. The number of hydrogen-bond acceptors (Lipinski definition) is 5. The number of ketones is 1. The summed E-state index contributed by atoms with van der Waals surface area (Å²) in [5.74, 6) is -0.110. The SMILES string of the molecule is COCCn1c(=O)c2cc(NC(=O)Nc3cccc(C(C)=O)c3)ccc2n(CCn2ccn2C)c1=O. The first-order chi connectivity index (χ1) is 17.3. The standard InChI is InChI=1S/C25H28N6O5/c1-17(32)18-5-4-6-19(15-18)26-24(34)27-20-7-8-22-21(16-20)23(33)31(13-14-36-3)25(35)30(22)12-11-29-10-9-28(29)2/h4-10,15-16H,11-14H2,1-3H3,(H2,26,27,34). The summed E-state index contributed by atoms with van der Waals surface area (Å²) in [4.78, 5) is 50.5. The van der Waals surface area contributed by atoms with Gasteiger partial charge in [0.05, 0.1) is 30.6 Å². The van der Waals surface area contributed by atoms with E-state index in [0.717, 1.165) is 4.57 Å². The van der Waals surface area contributed by atoms with Gasteiger partial charge < -0.3 is 15.4 Å². The highest BCUT2D eigenvalue weighted by atomic mass is 16.5. The van der Waals surface area contributed by atoms with Crippen molar-refractivity contribution < 1.29 is 14.3 Å². The Balaban J connectivity index is 1.65. The van der Waals surface area contributed by atoms with Gasteiger partial charge in [0, 0.05) is 50.0 Å². The van der Waals surface area contributed by atoms with Crippen LogP contribution in [0.2, 0.25) is 0 Å². The van der Waals surface area contributed by atoms with Crippen molar-refractivity contribution in [2.45, 2.75) is 26.6 Å². The number of ether oxygens (including phenoxy) is 1. The molecule has 0 atom stereocenters. The van der Waals surface area contributed by atoms with Crippen LogP contribution in [0.25, 0.3) is 10.9 Å². The third kappa shape index (κ3) is 5.15. The van der Waals surface area contributed by atoms with Gasteiger partial charge in [-0.15, -0.1) is 0 Å². The molecule has 0 radical (unpaired) electrons. The quantitative estimate of drug-likeness (QED) is 0.348. The normalized spacial score (nSPS) is 11.1. The molecule has 0 unspecified atom stereocenters. The van der Waals surface area contributed by atoms with E-state index in [1.54, 1.807) is 47.0 Å². The average molecular weight is 493 g/mol. The first-order valence-electron chi connectivity index (χ1n) is 11.4. The number of methoxy groups -OCH3 is 1. The number of nitrogens with zero attached hydrogens (tertiary/aromatic N) is 4. The molecule has 2 amide bonds. The number of aryl methyl sites for hydroxylation is 3. The zero-order chi connectivity index (χ0) is 25.8. The summed E-state index contributed by atoms with van der Waals surface area (Å²) in [5, 5.41) is 5.69. The lowest BCUT2D eigenvalue weighted by Gasteiger charge is -2.19. The molecule has 2 aromatic carbocycles. The molecule has 0 bridgehead atoms. The number of carbonyl (C=O) groups is 2. The summed E-state index contributed by atoms with van der Waals surface area (Å²) in [6.45, 7) is 2.67. The maximum absolute atomic E-state index is 13.2. The van der Waals surface area contributed by atoms with Gasteiger partial charge in [-0.05, 0) is 37.3 Å². The Labute approximate surface area is 206 Å². The number of carbonyl (C=O) groups excluding carboxylic acids is 2. The second kappa shape index (κ2) is 10.5. The lowest BCUT2D eigenvalue weighted by atomic mass is 10.1. The van der Waals surface area contributed by atoms with E-state index in [0.29, 0.717) is 40.9 Å². The number of amides is 2. The molecule has 11 heteroatoms. The molecule has 2 aromatic heterocycles. The van der Waals surface area contributed by atoms with Gasteiger partial charge in [0.1, 0.15) is 0 Å². The van der Waals surface area contributed by atoms with Crippen LogP contribution in [0.5, 0.6) is 0 Å². The summed E-state index contributed by atoms with van der Waals surface area (Å²) in [6.07, 6.45) is 3.81. The zero-order valence-electron chi connectivity index (χ0n) is 20.4. The Morgan fingerprint density at radius 1 is 0.917 bits per heavy atom. The van der Waals surface area contributed by atoms with Crippen molar-refractivity contribution in [2.75, 3.05) is 24.4 Å². The number of benzene rings is 2. The Hall–Kier alpha value is -4.38. The van der Waals surface area contributed by atoms with Crippen molar-refractivity contribution in [1.29, 1.82) is 0 Å². The molecular formula is C25H28N6O5. The highest BCUT2D eigenvalue weighted by molar-refractivity contribution is 6.02. The minimum atomic E-state index is -0.532. The van der Waals surface area contributed by atoms with Gasteiger partial charge in [-0.3, -0.25) is 28.1 Å². The molecule has 36 heavy (non-hydrogen) atoms. The van der Waals surface area contributed by atoms with Crippen LogP contribution in [0, 0.1) is 0 Å². The number of fused-ring (bicyclic) bond motifs is 1. The van der Waals surface area contributed by atoms with Crippen LogP contribution < -0.4 is 21.9 Å². The van der Waals surface area contributed by atoms with Crippen molar-refractivity contribution in [2.24, 2.45) is 7.05 Å². The van der Waals surface area contributed by atoms with Gasteiger partial charge in [0.25, 0.3) is 5.56 Å². The fourth-order valence-electron chi connectivity index (χ4n) is 3.94. The molecule has 11 nitrogen and oxygen atoms in total. The van der Waals surface area contributed by atoms with E-state index in [1.165, 1.54) is 14.0 Å². The van der Waals surface area contributed by atoms with Crippen molar-refractivity contribution in [3.05, 3.63) is 81.3 Å². The molecule has 0 aliphatic rings.